The fraction of sp³-hybridized carbons (Fsp3) is 0.400. The van der Waals surface area contributed by atoms with E-state index in [0.717, 1.165) is 6.26 Å². The van der Waals surface area contributed by atoms with Crippen LogP contribution in [0.15, 0.2) is 18.2 Å². The molecule has 0 radical (unpaired) electrons. The zero-order valence-corrected chi connectivity index (χ0v) is 13.0. The fourth-order valence-electron chi connectivity index (χ4n) is 1.20. The Balaban J connectivity index is 3.26. The Morgan fingerprint density at radius 3 is 2.35 bits per heavy atom. The zero-order valence-electron chi connectivity index (χ0n) is 9.12. The fourth-order valence-corrected chi connectivity index (χ4v) is 2.49. The maximum Gasteiger partial charge on any atom is 0.165 e. The predicted molar refractivity (Wildman–Crippen MR) is 73.6 cm³/mol. The van der Waals surface area contributed by atoms with Crippen LogP contribution in [0, 0.1) is 0 Å². The van der Waals surface area contributed by atoms with Gasteiger partial charge >= 0.3 is 0 Å². The van der Waals surface area contributed by atoms with E-state index >= 15 is 0 Å². The summed E-state index contributed by atoms with van der Waals surface area (Å²) in [4.78, 5) is 0. The normalized spacial score (nSPS) is 17.5. The lowest BCUT2D eigenvalue weighted by Crippen LogP contribution is -2.34. The Kier molecular flexibility index (Phi) is 4.53. The highest BCUT2D eigenvalue weighted by atomic mass is 79.9. The SMILES string of the molecule is C[C@@](Br)([C@H](O)c1ccc(Cl)cc1Cl)S(C)(=O)=O. The maximum atomic E-state index is 11.6. The van der Waals surface area contributed by atoms with Crippen molar-refractivity contribution in [1.29, 1.82) is 0 Å². The number of halogens is 3. The van der Waals surface area contributed by atoms with Crippen LogP contribution >= 0.6 is 39.1 Å². The summed E-state index contributed by atoms with van der Waals surface area (Å²) >= 11 is 14.7. The van der Waals surface area contributed by atoms with Gasteiger partial charge in [0.15, 0.2) is 13.5 Å². The van der Waals surface area contributed by atoms with Gasteiger partial charge in [-0.1, -0.05) is 45.2 Å². The highest BCUT2D eigenvalue weighted by Crippen LogP contribution is 2.40. The van der Waals surface area contributed by atoms with Crippen molar-refractivity contribution in [2.24, 2.45) is 0 Å². The first kappa shape index (κ1) is 15.2. The molecule has 96 valence electrons. The summed E-state index contributed by atoms with van der Waals surface area (Å²) in [5.74, 6) is 0. The summed E-state index contributed by atoms with van der Waals surface area (Å²) in [6.45, 7) is 1.37. The van der Waals surface area contributed by atoms with Crippen LogP contribution < -0.4 is 0 Å². The smallest absolute Gasteiger partial charge is 0.165 e. The number of aliphatic hydroxyl groups excluding tert-OH is 1. The lowest BCUT2D eigenvalue weighted by atomic mass is 10.1. The van der Waals surface area contributed by atoms with Crippen LogP contribution in [0.4, 0.5) is 0 Å². The summed E-state index contributed by atoms with van der Waals surface area (Å²) in [6.07, 6.45) is -0.253. The van der Waals surface area contributed by atoms with Crippen molar-refractivity contribution in [3.05, 3.63) is 33.8 Å². The first-order valence-electron chi connectivity index (χ1n) is 4.59. The van der Waals surface area contributed by atoms with E-state index in [1.165, 1.54) is 25.1 Å². The van der Waals surface area contributed by atoms with Crippen LogP contribution in [0.5, 0.6) is 0 Å². The first-order valence-corrected chi connectivity index (χ1v) is 8.03. The van der Waals surface area contributed by atoms with Gasteiger partial charge in [0, 0.05) is 21.9 Å². The molecule has 17 heavy (non-hydrogen) atoms. The number of benzene rings is 1. The van der Waals surface area contributed by atoms with Crippen LogP contribution in [-0.4, -0.2) is 23.4 Å². The molecule has 0 aromatic heterocycles. The molecule has 0 bridgehead atoms. The molecule has 0 aliphatic heterocycles. The number of aliphatic hydroxyl groups is 1. The third-order valence-corrected chi connectivity index (χ3v) is 6.90. The summed E-state index contributed by atoms with van der Waals surface area (Å²) in [6, 6.07) is 4.49. The van der Waals surface area contributed by atoms with Crippen LogP contribution in [0.25, 0.3) is 0 Å². The summed E-state index contributed by atoms with van der Waals surface area (Å²) in [5.41, 5.74) is 0.306. The molecule has 1 aromatic rings. The van der Waals surface area contributed by atoms with Gasteiger partial charge in [-0.3, -0.25) is 0 Å². The van der Waals surface area contributed by atoms with E-state index in [2.05, 4.69) is 15.9 Å². The Morgan fingerprint density at radius 2 is 1.94 bits per heavy atom. The van der Waals surface area contributed by atoms with Gasteiger partial charge in [0.25, 0.3) is 0 Å². The molecule has 7 heteroatoms. The highest BCUT2D eigenvalue weighted by Gasteiger charge is 2.41. The Hall–Kier alpha value is 0.190. The minimum atomic E-state index is -3.50. The molecule has 3 nitrogen and oxygen atoms in total. The lowest BCUT2D eigenvalue weighted by molar-refractivity contribution is 0.168. The molecule has 0 aliphatic rings. The molecular formula is C10H11BrCl2O3S. The van der Waals surface area contributed by atoms with Crippen molar-refractivity contribution in [1.82, 2.24) is 0 Å². The third-order valence-electron chi connectivity index (χ3n) is 2.47. The van der Waals surface area contributed by atoms with Gasteiger partial charge in [0.1, 0.15) is 6.10 Å². The second-order valence-electron chi connectivity index (χ2n) is 3.83. The van der Waals surface area contributed by atoms with Crippen LogP contribution in [0.2, 0.25) is 10.0 Å². The molecule has 2 atom stereocenters. The Morgan fingerprint density at radius 1 is 1.41 bits per heavy atom. The van der Waals surface area contributed by atoms with Gasteiger partial charge in [-0.25, -0.2) is 8.42 Å². The molecule has 0 spiro atoms. The molecular weight excluding hydrogens is 351 g/mol. The number of alkyl halides is 1. The van der Waals surface area contributed by atoms with Crippen molar-refractivity contribution in [2.45, 2.75) is 16.7 Å². The molecule has 0 aliphatic carbocycles. The molecule has 1 rings (SSSR count). The minimum Gasteiger partial charge on any atom is -0.386 e. The maximum absolute atomic E-state index is 11.6. The van der Waals surface area contributed by atoms with E-state index in [4.69, 9.17) is 23.2 Å². The summed E-state index contributed by atoms with van der Waals surface area (Å²) in [7, 11) is -3.50. The zero-order chi connectivity index (χ0) is 13.4. The van der Waals surface area contributed by atoms with Crippen molar-refractivity contribution in [3.63, 3.8) is 0 Å². The Labute approximate surface area is 119 Å². The Bertz CT molecular complexity index is 528. The number of hydrogen-bond acceptors (Lipinski definition) is 3. The monoisotopic (exact) mass is 360 g/mol. The predicted octanol–water partition coefficient (Wildman–Crippen LogP) is 3.18. The van der Waals surface area contributed by atoms with Crippen LogP contribution in [-0.2, 0) is 9.84 Å². The highest BCUT2D eigenvalue weighted by molar-refractivity contribution is 9.11. The molecule has 0 saturated heterocycles. The molecule has 0 heterocycles. The van der Waals surface area contributed by atoms with Gasteiger partial charge in [-0.2, -0.15) is 0 Å². The molecule has 0 fully saturated rings. The number of rotatable bonds is 3. The van der Waals surface area contributed by atoms with Crippen molar-refractivity contribution < 1.29 is 13.5 Å². The van der Waals surface area contributed by atoms with E-state index in [1.807, 2.05) is 0 Å². The van der Waals surface area contributed by atoms with E-state index in [9.17, 15) is 13.5 Å². The standard InChI is InChI=1S/C10H11BrCl2O3S/c1-10(11,17(2,15)16)9(14)7-4-3-6(12)5-8(7)13/h3-5,9,14H,1-2H3/t9-,10+/m1/s1. The average Bonchev–Trinajstić information content (AvgIpc) is 2.14. The van der Waals surface area contributed by atoms with Crippen molar-refractivity contribution >= 4 is 49.0 Å². The van der Waals surface area contributed by atoms with Crippen LogP contribution in [0.3, 0.4) is 0 Å². The quantitative estimate of drug-likeness (QED) is 0.841. The topological polar surface area (TPSA) is 54.4 Å². The average molecular weight is 362 g/mol. The largest absolute Gasteiger partial charge is 0.386 e. The lowest BCUT2D eigenvalue weighted by Gasteiger charge is -2.27. The van der Waals surface area contributed by atoms with Crippen LogP contribution in [0.1, 0.15) is 18.6 Å². The number of hydrogen-bond donors (Lipinski definition) is 1. The van der Waals surface area contributed by atoms with Crippen molar-refractivity contribution in [3.8, 4) is 0 Å². The third kappa shape index (κ3) is 3.15. The number of sulfone groups is 1. The molecule has 0 unspecified atom stereocenters. The second-order valence-corrected chi connectivity index (χ2v) is 9.23. The van der Waals surface area contributed by atoms with E-state index in [-0.39, 0.29) is 5.02 Å². The van der Waals surface area contributed by atoms with E-state index in [1.54, 1.807) is 0 Å². The first-order chi connectivity index (χ1) is 7.57. The van der Waals surface area contributed by atoms with E-state index < -0.39 is 19.6 Å². The summed E-state index contributed by atoms with van der Waals surface area (Å²) < 4.78 is 21.6. The molecule has 0 amide bonds. The van der Waals surface area contributed by atoms with Crippen molar-refractivity contribution in [2.75, 3.05) is 6.26 Å². The van der Waals surface area contributed by atoms with Gasteiger partial charge in [0.05, 0.1) is 0 Å². The van der Waals surface area contributed by atoms with Gasteiger partial charge < -0.3 is 5.11 Å². The second kappa shape index (κ2) is 5.05. The van der Waals surface area contributed by atoms with E-state index in [0.29, 0.717) is 10.6 Å². The van der Waals surface area contributed by atoms with Gasteiger partial charge in [-0.15, -0.1) is 0 Å². The minimum absolute atomic E-state index is 0.222. The molecule has 1 aromatic carbocycles. The van der Waals surface area contributed by atoms with Gasteiger partial charge in [0.2, 0.25) is 0 Å². The molecule has 1 N–H and O–H groups in total. The molecule has 0 saturated carbocycles. The summed E-state index contributed by atoms with van der Waals surface area (Å²) in [5, 5.41) is 10.7. The van der Waals surface area contributed by atoms with Gasteiger partial charge in [-0.05, 0) is 19.1 Å².